The van der Waals surface area contributed by atoms with Crippen LogP contribution in [0.2, 0.25) is 10.0 Å². The third-order valence-electron chi connectivity index (χ3n) is 5.64. The van der Waals surface area contributed by atoms with Crippen molar-refractivity contribution in [3.8, 4) is 5.75 Å². The summed E-state index contributed by atoms with van der Waals surface area (Å²) in [5, 5.41) is 6.83. The van der Waals surface area contributed by atoms with E-state index in [1.54, 1.807) is 18.2 Å². The largest absolute Gasteiger partial charge is 0.495 e. The molecule has 1 aromatic heterocycles. The van der Waals surface area contributed by atoms with Crippen LogP contribution in [0.3, 0.4) is 0 Å². The van der Waals surface area contributed by atoms with Crippen molar-refractivity contribution in [2.24, 2.45) is 5.10 Å². The molecule has 212 valence electrons. The van der Waals surface area contributed by atoms with E-state index in [4.69, 9.17) is 32.4 Å². The molecule has 41 heavy (non-hydrogen) atoms. The first kappa shape index (κ1) is 29.8. The van der Waals surface area contributed by atoms with Gasteiger partial charge in [0.1, 0.15) is 17.3 Å². The van der Waals surface area contributed by atoms with E-state index in [0.29, 0.717) is 22.2 Å². The number of methoxy groups -OCH3 is 1. The van der Waals surface area contributed by atoms with Gasteiger partial charge in [-0.25, -0.2) is 13.8 Å². The van der Waals surface area contributed by atoms with Crippen molar-refractivity contribution in [3.05, 3.63) is 112 Å². The molecule has 0 spiro atoms. The number of rotatable bonds is 10. The predicted molar refractivity (Wildman–Crippen MR) is 155 cm³/mol. The highest BCUT2D eigenvalue weighted by Gasteiger charge is 2.26. The zero-order valence-electron chi connectivity index (χ0n) is 21.6. The summed E-state index contributed by atoms with van der Waals surface area (Å²) >= 11 is 12.0. The van der Waals surface area contributed by atoms with Gasteiger partial charge < -0.3 is 14.5 Å². The third-order valence-corrected chi connectivity index (χ3v) is 7.99. The summed E-state index contributed by atoms with van der Waals surface area (Å²) in [4.78, 5) is 24.4. The summed E-state index contributed by atoms with van der Waals surface area (Å²) in [6.45, 7) is 0.0212. The molecule has 0 fully saturated rings. The van der Waals surface area contributed by atoms with Gasteiger partial charge in [0.05, 0.1) is 29.8 Å². The van der Waals surface area contributed by atoms with Crippen LogP contribution in [0.5, 0.6) is 5.75 Å². The minimum Gasteiger partial charge on any atom is -0.495 e. The van der Waals surface area contributed by atoms with Crippen molar-refractivity contribution in [2.75, 3.05) is 12.4 Å². The molecule has 2 amide bonds. The maximum atomic E-state index is 13.5. The van der Waals surface area contributed by atoms with E-state index < -0.39 is 21.8 Å². The third kappa shape index (κ3) is 7.95. The lowest BCUT2D eigenvalue weighted by molar-refractivity contribution is -0.136. The minimum atomic E-state index is -3.91. The van der Waals surface area contributed by atoms with Crippen molar-refractivity contribution in [1.82, 2.24) is 9.73 Å². The van der Waals surface area contributed by atoms with Crippen molar-refractivity contribution < 1.29 is 27.2 Å². The molecule has 2 N–H and O–H groups in total. The number of nitrogens with zero attached hydrogens (tertiary/aromatic N) is 2. The van der Waals surface area contributed by atoms with Crippen LogP contribution >= 0.6 is 23.2 Å². The summed E-state index contributed by atoms with van der Waals surface area (Å²) in [5.74, 6) is -1.01. The lowest BCUT2D eigenvalue weighted by Gasteiger charge is -2.21. The number of hydrazone groups is 1. The average molecular weight is 615 g/mol. The van der Waals surface area contributed by atoms with Crippen LogP contribution in [0, 0.1) is 0 Å². The van der Waals surface area contributed by atoms with Crippen LogP contribution in [0.1, 0.15) is 17.1 Å². The maximum Gasteiger partial charge on any atom is 0.329 e. The quantitative estimate of drug-likeness (QED) is 0.146. The molecule has 0 unspecified atom stereocenters. The Hall–Kier alpha value is -4.16. The summed E-state index contributed by atoms with van der Waals surface area (Å²) in [5.41, 5.74) is 3.19. The fraction of sp³-hybridized carbons (Fsp3) is 0.107. The van der Waals surface area contributed by atoms with E-state index in [1.165, 1.54) is 54.0 Å². The number of carbonyl (C=O) groups excluding carboxylic acids is 2. The molecule has 0 aliphatic rings. The van der Waals surface area contributed by atoms with E-state index in [9.17, 15) is 18.0 Å². The first-order valence-electron chi connectivity index (χ1n) is 12.0. The molecule has 13 heteroatoms. The maximum absolute atomic E-state index is 13.5. The minimum absolute atomic E-state index is 0.0765. The SMILES string of the molecule is COc1ccc(NC(=O)C(=O)N/N=C/c2ccc(CN(Cc3ccccc3)S(=O)(=O)c3ccc(Cl)cc3)o2)cc1Cl. The summed E-state index contributed by atoms with van der Waals surface area (Å²) in [7, 11) is -2.46. The number of hydrogen-bond acceptors (Lipinski definition) is 7. The molecular weight excluding hydrogens is 591 g/mol. The van der Waals surface area contributed by atoms with Crippen molar-refractivity contribution >= 4 is 56.9 Å². The molecule has 0 aliphatic carbocycles. The van der Waals surface area contributed by atoms with Gasteiger partial charge in [0, 0.05) is 17.3 Å². The Morgan fingerprint density at radius 1 is 0.951 bits per heavy atom. The molecule has 3 aromatic carbocycles. The second-order valence-electron chi connectivity index (χ2n) is 8.52. The van der Waals surface area contributed by atoms with Crippen LogP contribution in [-0.4, -0.2) is 37.9 Å². The van der Waals surface area contributed by atoms with Crippen LogP contribution in [0.15, 0.2) is 99.3 Å². The van der Waals surface area contributed by atoms with Crippen LogP contribution in [0.25, 0.3) is 0 Å². The summed E-state index contributed by atoms with van der Waals surface area (Å²) in [6.07, 6.45) is 1.19. The first-order chi connectivity index (χ1) is 19.7. The molecule has 0 saturated heterocycles. The Morgan fingerprint density at radius 3 is 2.37 bits per heavy atom. The first-order valence-corrected chi connectivity index (χ1v) is 14.2. The standard InChI is InChI=1S/C28H24Cl2N4O6S/c1-39-26-14-9-21(15-25(26)30)32-27(35)28(36)33-31-16-22-10-11-23(40-22)18-34(17-19-5-3-2-4-6-19)41(37,38)24-12-7-20(29)8-13-24/h2-16H,17-18H2,1H3,(H,32,35)(H,33,36)/b31-16+. The molecular formula is C28H24Cl2N4O6S. The monoisotopic (exact) mass is 614 g/mol. The van der Waals surface area contributed by atoms with E-state index in [0.717, 1.165) is 5.56 Å². The zero-order chi connectivity index (χ0) is 29.4. The van der Waals surface area contributed by atoms with Crippen molar-refractivity contribution in [2.45, 2.75) is 18.0 Å². The van der Waals surface area contributed by atoms with Crippen molar-refractivity contribution in [1.29, 1.82) is 0 Å². The average Bonchev–Trinajstić information content (AvgIpc) is 3.40. The fourth-order valence-electron chi connectivity index (χ4n) is 3.63. The van der Waals surface area contributed by atoms with Gasteiger partial charge in [-0.3, -0.25) is 9.59 Å². The molecule has 0 radical (unpaired) electrons. The van der Waals surface area contributed by atoms with Gasteiger partial charge in [-0.2, -0.15) is 9.41 Å². The van der Waals surface area contributed by atoms with Gasteiger partial charge in [-0.1, -0.05) is 53.5 Å². The predicted octanol–water partition coefficient (Wildman–Crippen LogP) is 5.07. The zero-order valence-corrected chi connectivity index (χ0v) is 23.9. The van der Waals surface area contributed by atoms with Gasteiger partial charge in [0.15, 0.2) is 0 Å². The normalized spacial score (nSPS) is 11.5. The number of furan rings is 1. The number of sulfonamides is 1. The number of hydrogen-bond donors (Lipinski definition) is 2. The smallest absolute Gasteiger partial charge is 0.329 e. The van der Waals surface area contributed by atoms with E-state index in [-0.39, 0.29) is 28.8 Å². The van der Waals surface area contributed by atoms with E-state index >= 15 is 0 Å². The summed E-state index contributed by atoms with van der Waals surface area (Å²) < 4.78 is 39.0. The lowest BCUT2D eigenvalue weighted by Crippen LogP contribution is -2.32. The van der Waals surface area contributed by atoms with Crippen molar-refractivity contribution in [3.63, 3.8) is 0 Å². The molecule has 0 aliphatic heterocycles. The number of carbonyl (C=O) groups is 2. The Kier molecular flexibility index (Phi) is 9.79. The van der Waals surface area contributed by atoms with Gasteiger partial charge in [-0.15, -0.1) is 0 Å². The number of benzene rings is 3. The van der Waals surface area contributed by atoms with Gasteiger partial charge in [0.2, 0.25) is 10.0 Å². The molecule has 0 bridgehead atoms. The molecule has 4 rings (SSSR count). The van der Waals surface area contributed by atoms with E-state index in [2.05, 4.69) is 15.8 Å². The van der Waals surface area contributed by atoms with Gasteiger partial charge in [-0.05, 0) is 60.2 Å². The number of anilines is 1. The number of amides is 2. The molecule has 0 atom stereocenters. The molecule has 1 heterocycles. The van der Waals surface area contributed by atoms with Gasteiger partial charge in [0.25, 0.3) is 0 Å². The molecule has 10 nitrogen and oxygen atoms in total. The highest BCUT2D eigenvalue weighted by atomic mass is 35.5. The highest BCUT2D eigenvalue weighted by molar-refractivity contribution is 7.89. The lowest BCUT2D eigenvalue weighted by atomic mass is 10.2. The van der Waals surface area contributed by atoms with Gasteiger partial charge >= 0.3 is 11.8 Å². The number of nitrogens with one attached hydrogen (secondary N) is 2. The highest BCUT2D eigenvalue weighted by Crippen LogP contribution is 2.27. The second-order valence-corrected chi connectivity index (χ2v) is 11.3. The Morgan fingerprint density at radius 2 is 1.68 bits per heavy atom. The topological polar surface area (TPSA) is 130 Å². The Labute approximate surface area is 246 Å². The second kappa shape index (κ2) is 13.5. The Balaban J connectivity index is 1.41. The van der Waals surface area contributed by atoms with Crippen LogP contribution in [0.4, 0.5) is 5.69 Å². The number of ether oxygens (including phenoxy) is 1. The Bertz CT molecular complexity index is 1660. The molecule has 4 aromatic rings. The number of halogens is 2. The fourth-order valence-corrected chi connectivity index (χ4v) is 5.41. The van der Waals surface area contributed by atoms with Crippen LogP contribution in [-0.2, 0) is 32.7 Å². The summed E-state index contributed by atoms with van der Waals surface area (Å²) in [6, 6.07) is 22.7. The molecule has 0 saturated carbocycles. The van der Waals surface area contributed by atoms with E-state index in [1.807, 2.05) is 30.3 Å². The van der Waals surface area contributed by atoms with Crippen LogP contribution < -0.4 is 15.5 Å².